The van der Waals surface area contributed by atoms with Gasteiger partial charge in [0, 0.05) is 44.5 Å². The van der Waals surface area contributed by atoms with Crippen LogP contribution in [0.15, 0.2) is 59.7 Å². The van der Waals surface area contributed by atoms with Gasteiger partial charge in [0.05, 0.1) is 11.1 Å². The normalized spacial score (nSPS) is 10.8. The van der Waals surface area contributed by atoms with Gasteiger partial charge in [-0.1, -0.05) is 18.2 Å². The number of pyridine rings is 2. The first-order valence-electron chi connectivity index (χ1n) is 7.81. The molecule has 0 aliphatic carbocycles. The van der Waals surface area contributed by atoms with Crippen LogP contribution in [0.5, 0.6) is 0 Å². The molecule has 3 rings (SSSR count). The summed E-state index contributed by atoms with van der Waals surface area (Å²) in [4.78, 5) is 30.6. The lowest BCUT2D eigenvalue weighted by Gasteiger charge is -2.19. The van der Waals surface area contributed by atoms with E-state index in [2.05, 4.69) is 4.98 Å². The number of benzene rings is 1. The van der Waals surface area contributed by atoms with Gasteiger partial charge < -0.3 is 9.47 Å². The largest absolute Gasteiger partial charge is 0.341 e. The maximum atomic E-state index is 12.8. The monoisotopic (exact) mass is 321 g/mol. The molecule has 2 heterocycles. The standard InChI is InChI=1S/C19H19N3O2/c1-21(12-9-14-7-10-20-11-8-14)19(24)16-13-18(23)22(2)17-6-4-3-5-15(16)17/h3-8,10-11,13H,9,12H2,1-2H3. The number of aryl methyl sites for hydroxylation is 1. The van der Waals surface area contributed by atoms with E-state index < -0.39 is 0 Å². The maximum Gasteiger partial charge on any atom is 0.254 e. The van der Waals surface area contributed by atoms with E-state index in [0.29, 0.717) is 12.1 Å². The highest BCUT2D eigenvalue weighted by Gasteiger charge is 2.17. The number of fused-ring (bicyclic) bond motifs is 1. The molecule has 5 nitrogen and oxygen atoms in total. The molecular weight excluding hydrogens is 302 g/mol. The average Bonchev–Trinajstić information content (AvgIpc) is 2.63. The number of rotatable bonds is 4. The van der Waals surface area contributed by atoms with Crippen LogP contribution in [0.2, 0.25) is 0 Å². The first-order chi connectivity index (χ1) is 11.6. The molecule has 0 saturated carbocycles. The Balaban J connectivity index is 1.88. The molecule has 3 aromatic rings. The van der Waals surface area contributed by atoms with Gasteiger partial charge in [0.1, 0.15) is 0 Å². The Labute approximate surface area is 140 Å². The zero-order valence-electron chi connectivity index (χ0n) is 13.8. The first-order valence-corrected chi connectivity index (χ1v) is 7.81. The molecule has 1 amide bonds. The summed E-state index contributed by atoms with van der Waals surface area (Å²) < 4.78 is 1.56. The molecule has 0 aliphatic heterocycles. The number of para-hydroxylation sites is 1. The fourth-order valence-corrected chi connectivity index (χ4v) is 2.74. The highest BCUT2D eigenvalue weighted by Crippen LogP contribution is 2.17. The Bertz CT molecular complexity index is 932. The van der Waals surface area contributed by atoms with Crippen molar-refractivity contribution in [3.63, 3.8) is 0 Å². The topological polar surface area (TPSA) is 55.2 Å². The number of likely N-dealkylation sites (N-methyl/N-ethyl adjacent to an activating group) is 1. The van der Waals surface area contributed by atoms with Crippen LogP contribution in [-0.4, -0.2) is 34.0 Å². The molecule has 122 valence electrons. The van der Waals surface area contributed by atoms with Gasteiger partial charge in [-0.15, -0.1) is 0 Å². The summed E-state index contributed by atoms with van der Waals surface area (Å²) in [6, 6.07) is 12.8. The number of hydrogen-bond donors (Lipinski definition) is 0. The van der Waals surface area contributed by atoms with E-state index in [-0.39, 0.29) is 11.5 Å². The second kappa shape index (κ2) is 6.66. The summed E-state index contributed by atoms with van der Waals surface area (Å²) >= 11 is 0. The summed E-state index contributed by atoms with van der Waals surface area (Å²) in [6.07, 6.45) is 4.23. The average molecular weight is 321 g/mol. The number of amides is 1. The van der Waals surface area contributed by atoms with Crippen LogP contribution in [0.1, 0.15) is 15.9 Å². The molecule has 1 aromatic carbocycles. The molecule has 0 bridgehead atoms. The molecular formula is C19H19N3O2. The second-order valence-electron chi connectivity index (χ2n) is 5.80. The predicted molar refractivity (Wildman–Crippen MR) is 94.1 cm³/mol. The van der Waals surface area contributed by atoms with E-state index in [0.717, 1.165) is 22.9 Å². The van der Waals surface area contributed by atoms with Crippen LogP contribution >= 0.6 is 0 Å². The summed E-state index contributed by atoms with van der Waals surface area (Å²) in [6.45, 7) is 0.576. The summed E-state index contributed by atoms with van der Waals surface area (Å²) in [5.74, 6) is -0.141. The number of aromatic nitrogens is 2. The van der Waals surface area contributed by atoms with E-state index in [9.17, 15) is 9.59 Å². The molecule has 0 atom stereocenters. The first kappa shape index (κ1) is 15.9. The maximum absolute atomic E-state index is 12.8. The van der Waals surface area contributed by atoms with Crippen molar-refractivity contribution in [2.45, 2.75) is 6.42 Å². The van der Waals surface area contributed by atoms with Gasteiger partial charge in [-0.2, -0.15) is 0 Å². The smallest absolute Gasteiger partial charge is 0.254 e. The van der Waals surface area contributed by atoms with E-state index in [1.165, 1.54) is 6.07 Å². The molecule has 5 heteroatoms. The van der Waals surface area contributed by atoms with Gasteiger partial charge in [-0.25, -0.2) is 0 Å². The van der Waals surface area contributed by atoms with Crippen molar-refractivity contribution in [3.05, 3.63) is 76.3 Å². The van der Waals surface area contributed by atoms with Crippen LogP contribution in [0, 0.1) is 0 Å². The van der Waals surface area contributed by atoms with E-state index in [1.54, 1.807) is 36.0 Å². The zero-order valence-corrected chi connectivity index (χ0v) is 13.8. The highest BCUT2D eigenvalue weighted by atomic mass is 16.2. The molecule has 0 N–H and O–H groups in total. The lowest BCUT2D eigenvalue weighted by Crippen LogP contribution is -2.30. The van der Waals surface area contributed by atoms with E-state index >= 15 is 0 Å². The minimum atomic E-state index is -0.181. The van der Waals surface area contributed by atoms with Crippen molar-refractivity contribution < 1.29 is 4.79 Å². The fraction of sp³-hybridized carbons (Fsp3) is 0.211. The van der Waals surface area contributed by atoms with Gasteiger partial charge in [-0.3, -0.25) is 14.6 Å². The third kappa shape index (κ3) is 3.06. The van der Waals surface area contributed by atoms with Gasteiger partial charge >= 0.3 is 0 Å². The number of nitrogens with zero attached hydrogens (tertiary/aromatic N) is 3. The quantitative estimate of drug-likeness (QED) is 0.740. The van der Waals surface area contributed by atoms with Crippen LogP contribution < -0.4 is 5.56 Å². The molecule has 0 fully saturated rings. The number of hydrogen-bond acceptors (Lipinski definition) is 3. The molecule has 0 aliphatic rings. The Hall–Kier alpha value is -2.95. The van der Waals surface area contributed by atoms with Crippen molar-refractivity contribution in [1.29, 1.82) is 0 Å². The van der Waals surface area contributed by atoms with Gasteiger partial charge in [-0.05, 0) is 30.2 Å². The molecule has 0 radical (unpaired) electrons. The van der Waals surface area contributed by atoms with Crippen molar-refractivity contribution in [3.8, 4) is 0 Å². The van der Waals surface area contributed by atoms with Gasteiger partial charge in [0.25, 0.3) is 11.5 Å². The lowest BCUT2D eigenvalue weighted by atomic mass is 10.1. The SMILES string of the molecule is CN(CCc1ccncc1)C(=O)c1cc(=O)n(C)c2ccccc12. The minimum absolute atomic E-state index is 0.141. The van der Waals surface area contributed by atoms with Gasteiger partial charge in [0.2, 0.25) is 0 Å². The fourth-order valence-electron chi connectivity index (χ4n) is 2.74. The lowest BCUT2D eigenvalue weighted by molar-refractivity contribution is 0.0798. The molecule has 2 aromatic heterocycles. The molecule has 0 unspecified atom stereocenters. The molecule has 24 heavy (non-hydrogen) atoms. The summed E-state index contributed by atoms with van der Waals surface area (Å²) in [7, 11) is 3.47. The molecule has 0 spiro atoms. The second-order valence-corrected chi connectivity index (χ2v) is 5.80. The van der Waals surface area contributed by atoms with Crippen molar-refractivity contribution in [2.75, 3.05) is 13.6 Å². The highest BCUT2D eigenvalue weighted by molar-refractivity contribution is 6.06. The Kier molecular flexibility index (Phi) is 4.42. The third-order valence-electron chi connectivity index (χ3n) is 4.22. The van der Waals surface area contributed by atoms with Crippen molar-refractivity contribution in [2.24, 2.45) is 7.05 Å². The van der Waals surface area contributed by atoms with Crippen LogP contribution in [-0.2, 0) is 13.5 Å². The number of carbonyl (C=O) groups excluding carboxylic acids is 1. The van der Waals surface area contributed by atoms with Crippen molar-refractivity contribution >= 4 is 16.8 Å². The van der Waals surface area contributed by atoms with E-state index in [1.807, 2.05) is 36.4 Å². The van der Waals surface area contributed by atoms with Crippen molar-refractivity contribution in [1.82, 2.24) is 14.5 Å². The minimum Gasteiger partial charge on any atom is -0.341 e. The zero-order chi connectivity index (χ0) is 17.1. The van der Waals surface area contributed by atoms with Crippen LogP contribution in [0.25, 0.3) is 10.9 Å². The Morgan fingerprint density at radius 1 is 1.17 bits per heavy atom. The predicted octanol–water partition coefficient (Wildman–Crippen LogP) is 2.25. The Morgan fingerprint density at radius 3 is 2.62 bits per heavy atom. The summed E-state index contributed by atoms with van der Waals surface area (Å²) in [5.41, 5.74) is 2.15. The van der Waals surface area contributed by atoms with E-state index in [4.69, 9.17) is 0 Å². The third-order valence-corrected chi connectivity index (χ3v) is 4.22. The van der Waals surface area contributed by atoms with Crippen LogP contribution in [0.4, 0.5) is 0 Å². The molecule has 0 saturated heterocycles. The Morgan fingerprint density at radius 2 is 1.88 bits per heavy atom. The summed E-state index contributed by atoms with van der Waals surface area (Å²) in [5, 5.41) is 0.792. The number of carbonyl (C=O) groups is 1. The van der Waals surface area contributed by atoms with Gasteiger partial charge in [0.15, 0.2) is 0 Å². The van der Waals surface area contributed by atoms with Crippen LogP contribution in [0.3, 0.4) is 0 Å².